The lowest BCUT2D eigenvalue weighted by Gasteiger charge is -2.06. The molecule has 0 radical (unpaired) electrons. The van der Waals surface area contributed by atoms with Crippen LogP contribution in [0.1, 0.15) is 22.3 Å². The Labute approximate surface area is 146 Å². The van der Waals surface area contributed by atoms with E-state index in [2.05, 4.69) is 17.1 Å². The molecule has 0 amide bonds. The number of halogens is 1. The maximum absolute atomic E-state index is 14.0. The summed E-state index contributed by atoms with van der Waals surface area (Å²) in [5.74, 6) is -0.471. The fraction of sp³-hybridized carbons (Fsp3) is 0.0952. The van der Waals surface area contributed by atoms with Crippen molar-refractivity contribution in [1.29, 1.82) is 0 Å². The van der Waals surface area contributed by atoms with E-state index >= 15 is 0 Å². The van der Waals surface area contributed by atoms with Gasteiger partial charge in [-0.3, -0.25) is 4.99 Å². The van der Waals surface area contributed by atoms with Gasteiger partial charge in [0.2, 0.25) is 0 Å². The maximum atomic E-state index is 14.0. The monoisotopic (exact) mass is 334 g/mol. The lowest BCUT2D eigenvalue weighted by Crippen LogP contribution is -1.96. The van der Waals surface area contributed by atoms with Crippen LogP contribution in [0.2, 0.25) is 0 Å². The van der Waals surface area contributed by atoms with Crippen LogP contribution in [-0.4, -0.2) is 11.3 Å². The Morgan fingerprint density at radius 1 is 0.920 bits per heavy atom. The number of aliphatic imine (C=N–C) groups is 1. The Morgan fingerprint density at radius 3 is 2.40 bits per heavy atom. The second kappa shape index (κ2) is 7.73. The minimum absolute atomic E-state index is 0.199. The maximum Gasteiger partial charge on any atom is 0.149 e. The van der Waals surface area contributed by atoms with Crippen molar-refractivity contribution >= 4 is 17.6 Å². The molecule has 0 aliphatic heterocycles. The summed E-state index contributed by atoms with van der Waals surface area (Å²) in [5, 5.41) is 9.03. The summed E-state index contributed by atoms with van der Waals surface area (Å²) in [6.45, 7) is -0.199. The van der Waals surface area contributed by atoms with E-state index in [1.54, 1.807) is 18.3 Å². The lowest BCUT2D eigenvalue weighted by atomic mass is 10.0. The first kappa shape index (κ1) is 16.9. The molecule has 0 heterocycles. The number of aliphatic hydroxyl groups excluding tert-OH is 1. The SMILES string of the molecule is Nc1ccc(Cc2ccccc2)cc1C=Nc1ccc(CO)cc1F. The summed E-state index contributed by atoms with van der Waals surface area (Å²) in [6, 6.07) is 20.4. The number of hydrogen-bond acceptors (Lipinski definition) is 3. The van der Waals surface area contributed by atoms with E-state index in [0.29, 0.717) is 11.3 Å². The van der Waals surface area contributed by atoms with E-state index in [1.165, 1.54) is 11.6 Å². The summed E-state index contributed by atoms with van der Waals surface area (Å²) in [6.07, 6.45) is 2.36. The van der Waals surface area contributed by atoms with E-state index < -0.39 is 5.82 Å². The molecule has 3 aromatic rings. The van der Waals surface area contributed by atoms with Gasteiger partial charge < -0.3 is 10.8 Å². The van der Waals surface area contributed by atoms with Gasteiger partial charge in [-0.1, -0.05) is 42.5 Å². The Bertz CT molecular complexity index is 892. The number of nitrogen functional groups attached to an aromatic ring is 1. The molecule has 25 heavy (non-hydrogen) atoms. The molecule has 3 rings (SSSR count). The van der Waals surface area contributed by atoms with Gasteiger partial charge in [0.05, 0.1) is 12.3 Å². The van der Waals surface area contributed by atoms with E-state index in [1.807, 2.05) is 36.4 Å². The Kier molecular flexibility index (Phi) is 5.21. The second-order valence-corrected chi connectivity index (χ2v) is 5.83. The van der Waals surface area contributed by atoms with E-state index in [4.69, 9.17) is 10.8 Å². The van der Waals surface area contributed by atoms with Crippen LogP contribution in [0.4, 0.5) is 15.8 Å². The minimum atomic E-state index is -0.471. The first-order valence-corrected chi connectivity index (χ1v) is 8.01. The van der Waals surface area contributed by atoms with Crippen molar-refractivity contribution in [2.45, 2.75) is 13.0 Å². The Morgan fingerprint density at radius 2 is 1.68 bits per heavy atom. The van der Waals surface area contributed by atoms with E-state index in [0.717, 1.165) is 17.5 Å². The van der Waals surface area contributed by atoms with Gasteiger partial charge in [0.1, 0.15) is 5.82 Å². The van der Waals surface area contributed by atoms with Crippen LogP contribution >= 0.6 is 0 Å². The fourth-order valence-corrected chi connectivity index (χ4v) is 2.57. The molecule has 0 fully saturated rings. The molecule has 0 aliphatic rings. The topological polar surface area (TPSA) is 58.6 Å². The third-order valence-electron chi connectivity index (χ3n) is 3.94. The molecule has 0 aliphatic carbocycles. The minimum Gasteiger partial charge on any atom is -0.398 e. The summed E-state index contributed by atoms with van der Waals surface area (Å²) in [5.41, 5.74) is 10.4. The van der Waals surface area contributed by atoms with Crippen molar-refractivity contribution in [3.8, 4) is 0 Å². The van der Waals surface area contributed by atoms with Crippen molar-refractivity contribution in [2.24, 2.45) is 4.99 Å². The second-order valence-electron chi connectivity index (χ2n) is 5.83. The molecule has 0 bridgehead atoms. The zero-order chi connectivity index (χ0) is 17.6. The number of aliphatic hydroxyl groups is 1. The van der Waals surface area contributed by atoms with Crippen LogP contribution in [0.25, 0.3) is 0 Å². The highest BCUT2D eigenvalue weighted by atomic mass is 19.1. The van der Waals surface area contributed by atoms with Gasteiger partial charge in [0.25, 0.3) is 0 Å². The molecular formula is C21H19FN2O. The van der Waals surface area contributed by atoms with Crippen LogP contribution in [0.3, 0.4) is 0 Å². The van der Waals surface area contributed by atoms with Gasteiger partial charge in [0.15, 0.2) is 0 Å². The molecule has 0 aromatic heterocycles. The smallest absolute Gasteiger partial charge is 0.149 e. The van der Waals surface area contributed by atoms with Crippen LogP contribution in [-0.2, 0) is 13.0 Å². The van der Waals surface area contributed by atoms with Crippen LogP contribution in [0.5, 0.6) is 0 Å². The highest BCUT2D eigenvalue weighted by molar-refractivity contribution is 5.88. The van der Waals surface area contributed by atoms with Gasteiger partial charge in [-0.25, -0.2) is 4.39 Å². The zero-order valence-corrected chi connectivity index (χ0v) is 13.7. The average Bonchev–Trinajstić information content (AvgIpc) is 2.63. The summed E-state index contributed by atoms with van der Waals surface area (Å²) in [7, 11) is 0. The van der Waals surface area contributed by atoms with E-state index in [9.17, 15) is 4.39 Å². The summed E-state index contributed by atoms with van der Waals surface area (Å²) in [4.78, 5) is 4.20. The van der Waals surface area contributed by atoms with Crippen LogP contribution in [0.15, 0.2) is 71.7 Å². The van der Waals surface area contributed by atoms with Crippen molar-refractivity contribution in [2.75, 3.05) is 5.73 Å². The number of nitrogens with two attached hydrogens (primary N) is 1. The van der Waals surface area contributed by atoms with Gasteiger partial charge in [-0.15, -0.1) is 0 Å². The van der Waals surface area contributed by atoms with Gasteiger partial charge in [-0.2, -0.15) is 0 Å². The third-order valence-corrected chi connectivity index (χ3v) is 3.94. The molecule has 0 atom stereocenters. The molecule has 4 heteroatoms. The van der Waals surface area contributed by atoms with Gasteiger partial charge in [-0.05, 0) is 47.4 Å². The van der Waals surface area contributed by atoms with Crippen LogP contribution in [0, 0.1) is 5.82 Å². The van der Waals surface area contributed by atoms with Crippen molar-refractivity contribution in [3.63, 3.8) is 0 Å². The quantitative estimate of drug-likeness (QED) is 0.541. The number of nitrogens with zero attached hydrogens (tertiary/aromatic N) is 1. The molecule has 0 unspecified atom stereocenters. The zero-order valence-electron chi connectivity index (χ0n) is 13.7. The largest absolute Gasteiger partial charge is 0.398 e. The highest BCUT2D eigenvalue weighted by Crippen LogP contribution is 2.21. The van der Waals surface area contributed by atoms with Gasteiger partial charge in [0, 0.05) is 17.5 Å². The lowest BCUT2D eigenvalue weighted by molar-refractivity contribution is 0.281. The normalized spacial score (nSPS) is 11.1. The number of anilines is 1. The molecule has 3 N–H and O–H groups in total. The van der Waals surface area contributed by atoms with Crippen molar-refractivity contribution in [1.82, 2.24) is 0 Å². The highest BCUT2D eigenvalue weighted by Gasteiger charge is 2.04. The van der Waals surface area contributed by atoms with E-state index in [-0.39, 0.29) is 12.3 Å². The number of benzene rings is 3. The summed E-state index contributed by atoms with van der Waals surface area (Å²) >= 11 is 0. The Balaban J connectivity index is 1.83. The summed E-state index contributed by atoms with van der Waals surface area (Å²) < 4.78 is 14.0. The van der Waals surface area contributed by atoms with Gasteiger partial charge >= 0.3 is 0 Å². The number of hydrogen-bond donors (Lipinski definition) is 2. The molecule has 126 valence electrons. The fourth-order valence-electron chi connectivity index (χ4n) is 2.57. The number of rotatable bonds is 5. The predicted octanol–water partition coefficient (Wildman–Crippen LogP) is 4.24. The van der Waals surface area contributed by atoms with Crippen molar-refractivity contribution in [3.05, 3.63) is 94.8 Å². The third kappa shape index (κ3) is 4.31. The standard InChI is InChI=1S/C21H19FN2O/c22-19-12-17(14-25)7-9-21(19)24-13-18-11-16(6-8-20(18)23)10-15-4-2-1-3-5-15/h1-9,11-13,25H,10,14,23H2. The molecule has 0 spiro atoms. The first-order valence-electron chi connectivity index (χ1n) is 8.01. The molecule has 0 saturated carbocycles. The molecule has 3 nitrogen and oxygen atoms in total. The predicted molar refractivity (Wildman–Crippen MR) is 99.7 cm³/mol. The first-order chi connectivity index (χ1) is 12.2. The molecular weight excluding hydrogens is 315 g/mol. The average molecular weight is 334 g/mol. The van der Waals surface area contributed by atoms with Crippen LogP contribution < -0.4 is 5.73 Å². The van der Waals surface area contributed by atoms with Crippen molar-refractivity contribution < 1.29 is 9.50 Å². The molecule has 0 saturated heterocycles. The molecule has 3 aromatic carbocycles. The Hall–Kier alpha value is -2.98.